The van der Waals surface area contributed by atoms with Gasteiger partial charge in [-0.1, -0.05) is 13.0 Å². The van der Waals surface area contributed by atoms with Crippen LogP contribution in [0.25, 0.3) is 0 Å². The molecule has 1 unspecified atom stereocenters. The fraction of sp³-hybridized carbons (Fsp3) is 0.417. The SMILES string of the molecule is CCC(CO)NC(=O)c1cccc([N+](=O)[O-])c1OC. The number of nitrogens with one attached hydrogen (secondary N) is 1. The van der Waals surface area contributed by atoms with Crippen molar-refractivity contribution in [1.29, 1.82) is 0 Å². The van der Waals surface area contributed by atoms with Crippen molar-refractivity contribution in [2.24, 2.45) is 0 Å². The molecule has 0 aliphatic rings. The predicted octanol–water partition coefficient (Wildman–Crippen LogP) is 1.10. The summed E-state index contributed by atoms with van der Waals surface area (Å²) < 4.78 is 4.94. The summed E-state index contributed by atoms with van der Waals surface area (Å²) in [5.41, 5.74) is -0.198. The van der Waals surface area contributed by atoms with Gasteiger partial charge in [0, 0.05) is 6.07 Å². The quantitative estimate of drug-likeness (QED) is 0.594. The first-order chi connectivity index (χ1) is 9.04. The molecule has 0 saturated heterocycles. The minimum atomic E-state index is -0.612. The summed E-state index contributed by atoms with van der Waals surface area (Å²) in [6.07, 6.45) is 0.555. The van der Waals surface area contributed by atoms with Crippen LogP contribution in [0.4, 0.5) is 5.69 Å². The Morgan fingerprint density at radius 1 is 1.58 bits per heavy atom. The lowest BCUT2D eigenvalue weighted by Crippen LogP contribution is -2.37. The number of para-hydroxylation sites is 1. The number of rotatable bonds is 6. The molecule has 7 nitrogen and oxygen atoms in total. The Morgan fingerprint density at radius 2 is 2.26 bits per heavy atom. The number of methoxy groups -OCH3 is 1. The molecular formula is C12H16N2O5. The highest BCUT2D eigenvalue weighted by Gasteiger charge is 2.23. The van der Waals surface area contributed by atoms with Gasteiger partial charge in [-0.15, -0.1) is 0 Å². The van der Waals surface area contributed by atoms with E-state index in [0.29, 0.717) is 6.42 Å². The molecule has 0 aromatic heterocycles. The molecule has 0 aliphatic heterocycles. The highest BCUT2D eigenvalue weighted by atomic mass is 16.6. The summed E-state index contributed by atoms with van der Waals surface area (Å²) >= 11 is 0. The number of amides is 1. The fourth-order valence-corrected chi connectivity index (χ4v) is 1.60. The van der Waals surface area contributed by atoms with E-state index in [9.17, 15) is 14.9 Å². The molecular weight excluding hydrogens is 252 g/mol. The zero-order valence-corrected chi connectivity index (χ0v) is 10.8. The van der Waals surface area contributed by atoms with Crippen LogP contribution in [0.1, 0.15) is 23.7 Å². The van der Waals surface area contributed by atoms with Crippen molar-refractivity contribution in [3.63, 3.8) is 0 Å². The zero-order valence-electron chi connectivity index (χ0n) is 10.8. The molecule has 0 fully saturated rings. The number of hydrogen-bond donors (Lipinski definition) is 2. The number of carbonyl (C=O) groups excluding carboxylic acids is 1. The molecule has 0 heterocycles. The lowest BCUT2D eigenvalue weighted by molar-refractivity contribution is -0.385. The average molecular weight is 268 g/mol. The first-order valence-electron chi connectivity index (χ1n) is 5.78. The second-order valence-corrected chi connectivity index (χ2v) is 3.88. The number of nitro benzene ring substituents is 1. The summed E-state index contributed by atoms with van der Waals surface area (Å²) in [5.74, 6) is -0.598. The summed E-state index contributed by atoms with van der Waals surface area (Å²) in [6, 6.07) is 3.72. The first kappa shape index (κ1) is 14.9. The average Bonchev–Trinajstić information content (AvgIpc) is 2.43. The summed E-state index contributed by atoms with van der Waals surface area (Å²) in [6.45, 7) is 1.62. The lowest BCUT2D eigenvalue weighted by atomic mass is 10.1. The van der Waals surface area contributed by atoms with Crippen molar-refractivity contribution in [2.45, 2.75) is 19.4 Å². The number of hydrogen-bond acceptors (Lipinski definition) is 5. The second-order valence-electron chi connectivity index (χ2n) is 3.88. The molecule has 0 bridgehead atoms. The molecule has 1 rings (SSSR count). The number of aliphatic hydroxyl groups is 1. The highest BCUT2D eigenvalue weighted by Crippen LogP contribution is 2.30. The van der Waals surface area contributed by atoms with Gasteiger partial charge in [0.25, 0.3) is 5.91 Å². The maximum atomic E-state index is 12.0. The van der Waals surface area contributed by atoms with Crippen molar-refractivity contribution in [3.8, 4) is 5.75 Å². The van der Waals surface area contributed by atoms with Gasteiger partial charge in [-0.25, -0.2) is 0 Å². The molecule has 1 amide bonds. The summed E-state index contributed by atoms with van der Waals surface area (Å²) in [5, 5.41) is 22.5. The fourth-order valence-electron chi connectivity index (χ4n) is 1.60. The van der Waals surface area contributed by atoms with Gasteiger partial charge in [0.15, 0.2) is 0 Å². The zero-order chi connectivity index (χ0) is 14.4. The smallest absolute Gasteiger partial charge is 0.311 e. The molecule has 1 aromatic rings. The topological polar surface area (TPSA) is 102 Å². The Hall–Kier alpha value is -2.15. The van der Waals surface area contributed by atoms with Gasteiger partial charge in [-0.3, -0.25) is 14.9 Å². The van der Waals surface area contributed by atoms with Crippen LogP contribution in [0, 0.1) is 10.1 Å². The van der Waals surface area contributed by atoms with Crippen LogP contribution in [-0.2, 0) is 0 Å². The third kappa shape index (κ3) is 3.41. The predicted molar refractivity (Wildman–Crippen MR) is 68.3 cm³/mol. The molecule has 0 aliphatic carbocycles. The van der Waals surface area contributed by atoms with E-state index in [2.05, 4.69) is 5.32 Å². The number of benzene rings is 1. The Balaban J connectivity index is 3.09. The summed E-state index contributed by atoms with van der Waals surface area (Å²) in [7, 11) is 1.27. The first-order valence-corrected chi connectivity index (χ1v) is 5.78. The van der Waals surface area contributed by atoms with E-state index >= 15 is 0 Å². The van der Waals surface area contributed by atoms with Gasteiger partial charge >= 0.3 is 5.69 Å². The van der Waals surface area contributed by atoms with Crippen LogP contribution < -0.4 is 10.1 Å². The lowest BCUT2D eigenvalue weighted by Gasteiger charge is -2.15. The summed E-state index contributed by atoms with van der Waals surface area (Å²) in [4.78, 5) is 22.2. The minimum absolute atomic E-state index is 0.0728. The van der Waals surface area contributed by atoms with E-state index < -0.39 is 16.9 Å². The largest absolute Gasteiger partial charge is 0.490 e. The van der Waals surface area contributed by atoms with E-state index in [4.69, 9.17) is 9.84 Å². The van der Waals surface area contributed by atoms with E-state index in [1.165, 1.54) is 25.3 Å². The Morgan fingerprint density at radius 3 is 2.74 bits per heavy atom. The molecule has 0 saturated carbocycles. The molecule has 19 heavy (non-hydrogen) atoms. The van der Waals surface area contributed by atoms with Crippen molar-refractivity contribution in [1.82, 2.24) is 5.32 Å². The number of ether oxygens (including phenoxy) is 1. The van der Waals surface area contributed by atoms with Gasteiger partial charge in [0.1, 0.15) is 0 Å². The Kier molecular flexibility index (Phi) is 5.25. The normalized spacial score (nSPS) is 11.7. The van der Waals surface area contributed by atoms with Crippen molar-refractivity contribution < 1.29 is 19.6 Å². The van der Waals surface area contributed by atoms with Crippen molar-refractivity contribution in [3.05, 3.63) is 33.9 Å². The van der Waals surface area contributed by atoms with E-state index in [-0.39, 0.29) is 23.6 Å². The molecule has 104 valence electrons. The molecule has 0 radical (unpaired) electrons. The van der Waals surface area contributed by atoms with Crippen LogP contribution in [0.5, 0.6) is 5.75 Å². The third-order valence-electron chi connectivity index (χ3n) is 2.69. The minimum Gasteiger partial charge on any atom is -0.490 e. The van der Waals surface area contributed by atoms with Gasteiger partial charge in [0.05, 0.1) is 30.2 Å². The van der Waals surface area contributed by atoms with Crippen LogP contribution in [0.3, 0.4) is 0 Å². The highest BCUT2D eigenvalue weighted by molar-refractivity contribution is 5.98. The molecule has 1 aromatic carbocycles. The van der Waals surface area contributed by atoms with Crippen LogP contribution >= 0.6 is 0 Å². The number of carbonyl (C=O) groups is 1. The molecule has 1 atom stereocenters. The third-order valence-corrected chi connectivity index (χ3v) is 2.69. The van der Waals surface area contributed by atoms with Gasteiger partial charge in [-0.2, -0.15) is 0 Å². The van der Waals surface area contributed by atoms with Crippen molar-refractivity contribution in [2.75, 3.05) is 13.7 Å². The number of aliphatic hydroxyl groups excluding tert-OH is 1. The standard InChI is InChI=1S/C12H16N2O5/c1-3-8(7-15)13-12(16)9-5-4-6-10(14(17)18)11(9)19-2/h4-6,8,15H,3,7H2,1-2H3,(H,13,16). The molecule has 0 spiro atoms. The maximum Gasteiger partial charge on any atom is 0.311 e. The molecule has 2 N–H and O–H groups in total. The Bertz CT molecular complexity index is 471. The number of nitro groups is 1. The van der Waals surface area contributed by atoms with Crippen LogP contribution in [0.15, 0.2) is 18.2 Å². The van der Waals surface area contributed by atoms with Gasteiger partial charge < -0.3 is 15.2 Å². The second kappa shape index (κ2) is 6.69. The van der Waals surface area contributed by atoms with E-state index in [0.717, 1.165) is 0 Å². The van der Waals surface area contributed by atoms with Gasteiger partial charge in [-0.05, 0) is 12.5 Å². The molecule has 7 heteroatoms. The van der Waals surface area contributed by atoms with Crippen molar-refractivity contribution >= 4 is 11.6 Å². The monoisotopic (exact) mass is 268 g/mol. The van der Waals surface area contributed by atoms with Crippen LogP contribution in [-0.4, -0.2) is 35.7 Å². The maximum absolute atomic E-state index is 12.0. The van der Waals surface area contributed by atoms with E-state index in [1.54, 1.807) is 0 Å². The van der Waals surface area contributed by atoms with Crippen LogP contribution in [0.2, 0.25) is 0 Å². The Labute approximate surface area is 110 Å². The van der Waals surface area contributed by atoms with Gasteiger partial charge in [0.2, 0.25) is 5.75 Å². The van der Waals surface area contributed by atoms with E-state index in [1.807, 2.05) is 6.92 Å². The number of nitrogens with zero attached hydrogens (tertiary/aromatic N) is 1.